The maximum Gasteiger partial charge on any atom is 0.276 e. The SMILES string of the molecule is CNCC1CCCN1C(=O)c1cc(-c2ccc(Cl)cc2)on1. The molecule has 1 aromatic heterocycles. The van der Waals surface area contributed by atoms with E-state index in [0.29, 0.717) is 16.5 Å². The number of carbonyl (C=O) groups is 1. The lowest BCUT2D eigenvalue weighted by atomic mass is 10.1. The van der Waals surface area contributed by atoms with Gasteiger partial charge in [-0.1, -0.05) is 16.8 Å². The van der Waals surface area contributed by atoms with E-state index >= 15 is 0 Å². The number of nitrogens with one attached hydrogen (secondary N) is 1. The van der Waals surface area contributed by atoms with E-state index < -0.39 is 0 Å². The van der Waals surface area contributed by atoms with Gasteiger partial charge in [0.25, 0.3) is 5.91 Å². The molecule has 1 aliphatic heterocycles. The number of aromatic nitrogens is 1. The molecule has 1 saturated heterocycles. The van der Waals surface area contributed by atoms with Crippen LogP contribution in [-0.2, 0) is 0 Å². The molecule has 1 unspecified atom stereocenters. The van der Waals surface area contributed by atoms with Crippen LogP contribution in [0.15, 0.2) is 34.9 Å². The molecular weight excluding hydrogens is 302 g/mol. The standard InChI is InChI=1S/C16H18ClN3O2/c1-18-10-13-3-2-8-20(13)16(21)14-9-15(22-19-14)11-4-6-12(17)7-5-11/h4-7,9,13,18H,2-3,8,10H2,1H3. The van der Waals surface area contributed by atoms with Crippen molar-refractivity contribution >= 4 is 17.5 Å². The summed E-state index contributed by atoms with van der Waals surface area (Å²) in [5.41, 5.74) is 1.21. The average molecular weight is 320 g/mol. The average Bonchev–Trinajstić information content (AvgIpc) is 3.17. The van der Waals surface area contributed by atoms with Crippen molar-refractivity contribution in [2.45, 2.75) is 18.9 Å². The third kappa shape index (κ3) is 3.00. The second-order valence-electron chi connectivity index (χ2n) is 5.44. The van der Waals surface area contributed by atoms with E-state index in [1.807, 2.05) is 24.1 Å². The maximum atomic E-state index is 12.6. The number of rotatable bonds is 4. The van der Waals surface area contributed by atoms with Crippen LogP contribution in [0.25, 0.3) is 11.3 Å². The molecule has 1 fully saturated rings. The number of nitrogens with zero attached hydrogens (tertiary/aromatic N) is 2. The molecular formula is C16H18ClN3O2. The number of hydrogen-bond acceptors (Lipinski definition) is 4. The molecule has 0 spiro atoms. The monoisotopic (exact) mass is 319 g/mol. The lowest BCUT2D eigenvalue weighted by Gasteiger charge is -2.23. The van der Waals surface area contributed by atoms with Gasteiger partial charge in [0.15, 0.2) is 11.5 Å². The van der Waals surface area contributed by atoms with Crippen molar-refractivity contribution in [2.75, 3.05) is 20.1 Å². The lowest BCUT2D eigenvalue weighted by Crippen LogP contribution is -2.40. The largest absolute Gasteiger partial charge is 0.355 e. The Bertz CT molecular complexity index is 654. The van der Waals surface area contributed by atoms with Gasteiger partial charge in [0.1, 0.15) is 0 Å². The third-order valence-corrected chi connectivity index (χ3v) is 4.19. The van der Waals surface area contributed by atoms with Gasteiger partial charge in [-0.15, -0.1) is 0 Å². The minimum Gasteiger partial charge on any atom is -0.355 e. The molecule has 1 N–H and O–H groups in total. The van der Waals surface area contributed by atoms with Crippen LogP contribution in [-0.4, -0.2) is 42.1 Å². The topological polar surface area (TPSA) is 58.4 Å². The Morgan fingerprint density at radius 2 is 2.23 bits per heavy atom. The summed E-state index contributed by atoms with van der Waals surface area (Å²) in [6.07, 6.45) is 2.05. The fourth-order valence-electron chi connectivity index (χ4n) is 2.82. The summed E-state index contributed by atoms with van der Waals surface area (Å²) in [5, 5.41) is 7.73. The summed E-state index contributed by atoms with van der Waals surface area (Å²) < 4.78 is 5.31. The Kier molecular flexibility index (Phi) is 4.45. The normalized spacial score (nSPS) is 17.9. The lowest BCUT2D eigenvalue weighted by molar-refractivity contribution is 0.0726. The second-order valence-corrected chi connectivity index (χ2v) is 5.87. The zero-order valence-corrected chi connectivity index (χ0v) is 13.1. The molecule has 1 amide bonds. The number of carbonyl (C=O) groups excluding carboxylic acids is 1. The fourth-order valence-corrected chi connectivity index (χ4v) is 2.95. The van der Waals surface area contributed by atoms with Crippen LogP contribution in [0.1, 0.15) is 23.3 Å². The van der Waals surface area contributed by atoms with Crippen molar-refractivity contribution < 1.29 is 9.32 Å². The van der Waals surface area contributed by atoms with Gasteiger partial charge >= 0.3 is 0 Å². The van der Waals surface area contributed by atoms with Crippen molar-refractivity contribution in [3.05, 3.63) is 41.0 Å². The summed E-state index contributed by atoms with van der Waals surface area (Å²) in [6, 6.07) is 9.18. The first-order chi connectivity index (χ1) is 10.7. The van der Waals surface area contributed by atoms with Crippen LogP contribution < -0.4 is 5.32 Å². The zero-order valence-electron chi connectivity index (χ0n) is 12.4. The maximum absolute atomic E-state index is 12.6. The number of likely N-dealkylation sites (tertiary alicyclic amines) is 1. The number of likely N-dealkylation sites (N-methyl/N-ethyl adjacent to an activating group) is 1. The minimum atomic E-state index is -0.0679. The van der Waals surface area contributed by atoms with Gasteiger partial charge in [-0.3, -0.25) is 4.79 Å². The van der Waals surface area contributed by atoms with E-state index in [9.17, 15) is 4.79 Å². The molecule has 0 radical (unpaired) electrons. The predicted molar refractivity (Wildman–Crippen MR) is 84.9 cm³/mol. The van der Waals surface area contributed by atoms with Crippen molar-refractivity contribution in [1.29, 1.82) is 0 Å². The molecule has 2 heterocycles. The highest BCUT2D eigenvalue weighted by atomic mass is 35.5. The second kappa shape index (κ2) is 6.50. The first kappa shape index (κ1) is 15.1. The molecule has 0 aliphatic carbocycles. The molecule has 116 valence electrons. The molecule has 3 rings (SSSR count). The Labute approximate surface area is 134 Å². The molecule has 0 saturated carbocycles. The summed E-state index contributed by atoms with van der Waals surface area (Å²) in [4.78, 5) is 14.5. The van der Waals surface area contributed by atoms with E-state index in [4.69, 9.17) is 16.1 Å². The first-order valence-electron chi connectivity index (χ1n) is 7.37. The van der Waals surface area contributed by atoms with Crippen LogP contribution in [0.3, 0.4) is 0 Å². The molecule has 6 heteroatoms. The summed E-state index contributed by atoms with van der Waals surface area (Å²) in [5.74, 6) is 0.506. The van der Waals surface area contributed by atoms with Gasteiger partial charge < -0.3 is 14.7 Å². The molecule has 1 aliphatic rings. The van der Waals surface area contributed by atoms with E-state index in [0.717, 1.165) is 31.5 Å². The van der Waals surface area contributed by atoms with Gasteiger partial charge in [-0.25, -0.2) is 0 Å². The Morgan fingerprint density at radius 1 is 1.45 bits per heavy atom. The first-order valence-corrected chi connectivity index (χ1v) is 7.75. The summed E-state index contributed by atoms with van der Waals surface area (Å²) in [7, 11) is 1.90. The minimum absolute atomic E-state index is 0.0679. The highest BCUT2D eigenvalue weighted by molar-refractivity contribution is 6.30. The van der Waals surface area contributed by atoms with E-state index in [2.05, 4.69) is 10.5 Å². The van der Waals surface area contributed by atoms with Crippen LogP contribution in [0, 0.1) is 0 Å². The smallest absolute Gasteiger partial charge is 0.276 e. The van der Waals surface area contributed by atoms with Crippen molar-refractivity contribution in [3.8, 4) is 11.3 Å². The zero-order chi connectivity index (χ0) is 15.5. The summed E-state index contributed by atoms with van der Waals surface area (Å²) in [6.45, 7) is 1.57. The molecule has 5 nitrogen and oxygen atoms in total. The van der Waals surface area contributed by atoms with E-state index in [1.54, 1.807) is 18.2 Å². The van der Waals surface area contributed by atoms with Crippen molar-refractivity contribution in [1.82, 2.24) is 15.4 Å². The van der Waals surface area contributed by atoms with E-state index in [-0.39, 0.29) is 11.9 Å². The van der Waals surface area contributed by atoms with Crippen LogP contribution in [0.5, 0.6) is 0 Å². The van der Waals surface area contributed by atoms with Gasteiger partial charge in [0.05, 0.1) is 0 Å². The molecule has 1 aromatic carbocycles. The van der Waals surface area contributed by atoms with Crippen LogP contribution >= 0.6 is 11.6 Å². The molecule has 2 aromatic rings. The van der Waals surface area contributed by atoms with Gasteiger partial charge in [0, 0.05) is 35.8 Å². The molecule has 22 heavy (non-hydrogen) atoms. The highest BCUT2D eigenvalue weighted by Gasteiger charge is 2.30. The van der Waals surface area contributed by atoms with Crippen LogP contribution in [0.4, 0.5) is 0 Å². The number of benzene rings is 1. The van der Waals surface area contributed by atoms with Crippen molar-refractivity contribution in [3.63, 3.8) is 0 Å². The van der Waals surface area contributed by atoms with Crippen molar-refractivity contribution in [2.24, 2.45) is 0 Å². The molecule has 0 bridgehead atoms. The Balaban J connectivity index is 1.78. The number of halogens is 1. The van der Waals surface area contributed by atoms with Gasteiger partial charge in [-0.05, 0) is 44.2 Å². The Morgan fingerprint density at radius 3 is 2.95 bits per heavy atom. The van der Waals surface area contributed by atoms with E-state index in [1.165, 1.54) is 0 Å². The molecule has 1 atom stereocenters. The van der Waals surface area contributed by atoms with Gasteiger partial charge in [0.2, 0.25) is 0 Å². The quantitative estimate of drug-likeness (QED) is 0.941. The summed E-state index contributed by atoms with van der Waals surface area (Å²) >= 11 is 5.87. The third-order valence-electron chi connectivity index (χ3n) is 3.94. The highest BCUT2D eigenvalue weighted by Crippen LogP contribution is 2.24. The van der Waals surface area contributed by atoms with Gasteiger partial charge in [-0.2, -0.15) is 0 Å². The Hall–Kier alpha value is -1.85. The fraction of sp³-hybridized carbons (Fsp3) is 0.375. The predicted octanol–water partition coefficient (Wildman–Crippen LogP) is 2.82. The number of hydrogen-bond donors (Lipinski definition) is 1. The van der Waals surface area contributed by atoms with Crippen LogP contribution in [0.2, 0.25) is 5.02 Å². The number of amides is 1.